The maximum Gasteiger partial charge on any atom is 0.324 e. The Bertz CT molecular complexity index is 519. The molecule has 0 unspecified atom stereocenters. The lowest BCUT2D eigenvalue weighted by atomic mass is 10.4. The first-order valence-corrected chi connectivity index (χ1v) is 7.78. The molecule has 0 saturated heterocycles. The summed E-state index contributed by atoms with van der Waals surface area (Å²) >= 11 is 0. The summed E-state index contributed by atoms with van der Waals surface area (Å²) in [6, 6.07) is 0. The molecule has 5 nitrogen and oxygen atoms in total. The van der Waals surface area contributed by atoms with E-state index in [-0.39, 0.29) is 12.8 Å². The minimum atomic E-state index is -4.60. The van der Waals surface area contributed by atoms with Crippen molar-refractivity contribution in [2.24, 2.45) is 0 Å². The van der Waals surface area contributed by atoms with Crippen molar-refractivity contribution in [1.82, 2.24) is 0 Å². The standard InChI is InChI=1S/C10H12F2O5S2/c11-18(13,14)9-5-1-3-7-17-8-4-2-6-10-19(12,15)16/h3-10H,1-2H2. The van der Waals surface area contributed by atoms with Crippen LogP contribution in [0.3, 0.4) is 0 Å². The minimum Gasteiger partial charge on any atom is -0.473 e. The van der Waals surface area contributed by atoms with E-state index in [1.165, 1.54) is 24.7 Å². The van der Waals surface area contributed by atoms with Gasteiger partial charge in [0.1, 0.15) is 0 Å². The Morgan fingerprint density at radius 1 is 0.737 bits per heavy atom. The molecule has 9 heteroatoms. The van der Waals surface area contributed by atoms with Gasteiger partial charge in [0.05, 0.1) is 23.3 Å². The second-order valence-electron chi connectivity index (χ2n) is 3.05. The fourth-order valence-corrected chi connectivity index (χ4v) is 1.45. The van der Waals surface area contributed by atoms with Gasteiger partial charge in [-0.15, -0.1) is 7.77 Å². The summed E-state index contributed by atoms with van der Waals surface area (Å²) < 4.78 is 68.9. The largest absolute Gasteiger partial charge is 0.473 e. The third-order valence-corrected chi connectivity index (χ3v) is 2.45. The van der Waals surface area contributed by atoms with Crippen LogP contribution in [0.5, 0.6) is 0 Å². The van der Waals surface area contributed by atoms with Crippen LogP contribution in [0, 0.1) is 0 Å². The molecule has 0 fully saturated rings. The Kier molecular flexibility index (Phi) is 7.92. The van der Waals surface area contributed by atoms with E-state index in [4.69, 9.17) is 4.74 Å². The van der Waals surface area contributed by atoms with Gasteiger partial charge >= 0.3 is 20.4 Å². The summed E-state index contributed by atoms with van der Waals surface area (Å²) in [5, 5.41) is 0.852. The summed E-state index contributed by atoms with van der Waals surface area (Å²) in [6.45, 7) is 0. The smallest absolute Gasteiger partial charge is 0.324 e. The molecular weight excluding hydrogens is 302 g/mol. The van der Waals surface area contributed by atoms with Crippen LogP contribution in [0.4, 0.5) is 7.77 Å². The molecule has 0 aromatic rings. The van der Waals surface area contributed by atoms with Crippen molar-refractivity contribution in [1.29, 1.82) is 0 Å². The first kappa shape index (κ1) is 17.5. The van der Waals surface area contributed by atoms with Gasteiger partial charge in [-0.1, -0.05) is 12.2 Å². The molecule has 0 amide bonds. The van der Waals surface area contributed by atoms with Crippen molar-refractivity contribution >= 4 is 20.4 Å². The minimum absolute atomic E-state index is 0.164. The van der Waals surface area contributed by atoms with E-state index in [2.05, 4.69) is 0 Å². The Hall–Kier alpha value is -1.48. The van der Waals surface area contributed by atoms with Crippen LogP contribution >= 0.6 is 0 Å². The molecule has 108 valence electrons. The highest BCUT2D eigenvalue weighted by atomic mass is 32.3. The van der Waals surface area contributed by atoms with E-state index in [1.807, 2.05) is 0 Å². The van der Waals surface area contributed by atoms with Gasteiger partial charge in [0.25, 0.3) is 0 Å². The van der Waals surface area contributed by atoms with Crippen molar-refractivity contribution in [3.8, 4) is 0 Å². The third kappa shape index (κ3) is 16.5. The quantitative estimate of drug-likeness (QED) is 0.508. The predicted octanol–water partition coefficient (Wildman–Crippen LogP) is 2.44. The molecule has 0 aliphatic rings. The number of ether oxygens (including phenoxy) is 1. The SMILES string of the molecule is O=S(=O)(F)C=CCC=COC=CCC=CS(=O)(=O)F. The van der Waals surface area contributed by atoms with Crippen LogP contribution in [-0.4, -0.2) is 16.8 Å². The van der Waals surface area contributed by atoms with Crippen molar-refractivity contribution in [2.75, 3.05) is 0 Å². The van der Waals surface area contributed by atoms with Crippen LogP contribution in [0.25, 0.3) is 0 Å². The lowest BCUT2D eigenvalue weighted by Crippen LogP contribution is -1.80. The lowest BCUT2D eigenvalue weighted by Gasteiger charge is -1.88. The second kappa shape index (κ2) is 8.59. The molecule has 0 atom stereocenters. The van der Waals surface area contributed by atoms with E-state index in [0.717, 1.165) is 12.2 Å². The van der Waals surface area contributed by atoms with Gasteiger partial charge in [0, 0.05) is 0 Å². The highest BCUT2D eigenvalue weighted by Crippen LogP contribution is 1.97. The summed E-state index contributed by atoms with van der Waals surface area (Å²) in [5.74, 6) is 0. The average Bonchev–Trinajstić information content (AvgIpc) is 2.22. The lowest BCUT2D eigenvalue weighted by molar-refractivity contribution is 0.400. The average molecular weight is 314 g/mol. The molecule has 0 radical (unpaired) electrons. The Morgan fingerprint density at radius 3 is 1.42 bits per heavy atom. The summed E-state index contributed by atoms with van der Waals surface area (Å²) in [4.78, 5) is 0. The van der Waals surface area contributed by atoms with E-state index in [1.54, 1.807) is 0 Å². The first-order valence-electron chi connectivity index (χ1n) is 4.88. The van der Waals surface area contributed by atoms with Gasteiger partial charge < -0.3 is 4.74 Å². The van der Waals surface area contributed by atoms with E-state index < -0.39 is 20.4 Å². The summed E-state index contributed by atoms with van der Waals surface area (Å²) in [6.07, 6.45) is 7.81. The van der Waals surface area contributed by atoms with Gasteiger partial charge in [0.15, 0.2) is 0 Å². The molecule has 0 heterocycles. The normalized spacial score (nSPS) is 14.2. The third-order valence-electron chi connectivity index (χ3n) is 1.41. The fraction of sp³-hybridized carbons (Fsp3) is 0.200. The highest BCUT2D eigenvalue weighted by molar-refractivity contribution is 7.89. The van der Waals surface area contributed by atoms with Crippen LogP contribution in [-0.2, 0) is 25.2 Å². The maximum atomic E-state index is 12.0. The van der Waals surface area contributed by atoms with Gasteiger partial charge in [-0.2, -0.15) is 16.8 Å². The van der Waals surface area contributed by atoms with Gasteiger partial charge in [0.2, 0.25) is 0 Å². The molecular formula is C10H12F2O5S2. The molecule has 0 aliphatic carbocycles. The summed E-state index contributed by atoms with van der Waals surface area (Å²) in [7, 11) is -9.20. The van der Waals surface area contributed by atoms with Crippen molar-refractivity contribution < 1.29 is 29.3 Å². The van der Waals surface area contributed by atoms with Crippen molar-refractivity contribution in [3.63, 3.8) is 0 Å². The molecule has 19 heavy (non-hydrogen) atoms. The molecule has 0 spiro atoms. The number of halogens is 2. The molecule has 0 bridgehead atoms. The topological polar surface area (TPSA) is 77.5 Å². The highest BCUT2D eigenvalue weighted by Gasteiger charge is 1.96. The second-order valence-corrected chi connectivity index (χ2v) is 5.49. The maximum absolute atomic E-state index is 12.0. The molecule has 0 rings (SSSR count). The number of hydrogen-bond donors (Lipinski definition) is 0. The van der Waals surface area contributed by atoms with Gasteiger partial charge in [-0.05, 0) is 25.0 Å². The number of hydrogen-bond acceptors (Lipinski definition) is 5. The first-order chi connectivity index (χ1) is 8.71. The van der Waals surface area contributed by atoms with E-state index in [9.17, 15) is 24.6 Å². The monoisotopic (exact) mass is 314 g/mol. The van der Waals surface area contributed by atoms with Gasteiger partial charge in [-0.3, -0.25) is 0 Å². The molecule has 0 aliphatic heterocycles. The zero-order valence-corrected chi connectivity index (χ0v) is 11.3. The Labute approximate surface area is 111 Å². The number of rotatable bonds is 8. The summed E-state index contributed by atoms with van der Waals surface area (Å²) in [5.41, 5.74) is 0. The Morgan fingerprint density at radius 2 is 1.11 bits per heavy atom. The molecule has 0 aromatic carbocycles. The Balaban J connectivity index is 3.80. The van der Waals surface area contributed by atoms with Crippen molar-refractivity contribution in [2.45, 2.75) is 12.8 Å². The van der Waals surface area contributed by atoms with Crippen LogP contribution in [0.15, 0.2) is 47.6 Å². The van der Waals surface area contributed by atoms with E-state index >= 15 is 0 Å². The van der Waals surface area contributed by atoms with Gasteiger partial charge in [-0.25, -0.2) is 0 Å². The van der Waals surface area contributed by atoms with Crippen LogP contribution in [0.1, 0.15) is 12.8 Å². The van der Waals surface area contributed by atoms with E-state index in [0.29, 0.717) is 10.8 Å². The molecule has 0 N–H and O–H groups in total. The predicted molar refractivity (Wildman–Crippen MR) is 66.9 cm³/mol. The van der Waals surface area contributed by atoms with Crippen LogP contribution in [0.2, 0.25) is 0 Å². The van der Waals surface area contributed by atoms with Crippen molar-refractivity contribution in [3.05, 3.63) is 47.6 Å². The zero-order valence-electron chi connectivity index (χ0n) is 9.65. The van der Waals surface area contributed by atoms with Crippen LogP contribution < -0.4 is 0 Å². The number of allylic oxidation sites excluding steroid dienone is 4. The molecule has 0 aromatic heterocycles. The molecule has 0 saturated carbocycles. The zero-order chi connectivity index (χ0) is 14.8. The fourth-order valence-electron chi connectivity index (χ4n) is 0.766.